The van der Waals surface area contributed by atoms with E-state index in [1.807, 2.05) is 0 Å². The quantitative estimate of drug-likeness (QED) is 0.478. The Morgan fingerprint density at radius 2 is 2.14 bits per heavy atom. The maximum Gasteiger partial charge on any atom is 0.280 e. The number of nitrogens with zero attached hydrogens (tertiary/aromatic N) is 3. The number of hydrogen-bond donors (Lipinski definition) is 1. The number of aryl methyl sites for hydroxylation is 1. The highest BCUT2D eigenvalue weighted by molar-refractivity contribution is 5.67. The molecule has 0 aliphatic carbocycles. The fraction of sp³-hybridized carbons (Fsp3) is 0.429. The zero-order valence-electron chi connectivity index (χ0n) is 12.1. The van der Waals surface area contributed by atoms with Crippen molar-refractivity contribution < 1.29 is 9.45 Å². The second-order valence-corrected chi connectivity index (χ2v) is 5.00. The first-order valence-corrected chi connectivity index (χ1v) is 6.87. The van der Waals surface area contributed by atoms with Crippen molar-refractivity contribution in [3.63, 3.8) is 0 Å². The second-order valence-electron chi connectivity index (χ2n) is 5.00. The van der Waals surface area contributed by atoms with Gasteiger partial charge in [0.1, 0.15) is 5.56 Å². The van der Waals surface area contributed by atoms with E-state index < -0.39 is 4.92 Å². The van der Waals surface area contributed by atoms with Gasteiger partial charge in [0.15, 0.2) is 0 Å². The van der Waals surface area contributed by atoms with E-state index in [-0.39, 0.29) is 11.5 Å². The molecule has 0 fully saturated rings. The molecule has 0 atom stereocenters. The summed E-state index contributed by atoms with van der Waals surface area (Å²) in [6.07, 6.45) is 1.52. The molecule has 0 bridgehead atoms. The maximum absolute atomic E-state index is 11.0. The Morgan fingerprint density at radius 3 is 2.86 bits per heavy atom. The van der Waals surface area contributed by atoms with Crippen molar-refractivity contribution in [2.75, 3.05) is 6.54 Å². The molecule has 1 heterocycles. The number of rotatable bonds is 7. The minimum absolute atomic E-state index is 0.0219. The Hall–Kier alpha value is -2.28. The summed E-state index contributed by atoms with van der Waals surface area (Å²) in [5.41, 5.74) is 0.351. The largest absolute Gasteiger partial charge is 0.339 e. The molecule has 0 saturated carbocycles. The summed E-state index contributed by atoms with van der Waals surface area (Å²) in [5, 5.41) is 18.1. The standard InChI is InChI=1S/C14H18N4O3/c1-10(2)15-9-5-8-13-16-14(17-21-13)11-6-3-4-7-12(11)18(19)20/h3-4,6-7,10,15H,5,8-9H2,1-2H3. The van der Waals surface area contributed by atoms with E-state index in [9.17, 15) is 10.1 Å². The highest BCUT2D eigenvalue weighted by atomic mass is 16.6. The Balaban J connectivity index is 2.05. The van der Waals surface area contributed by atoms with E-state index in [4.69, 9.17) is 4.52 Å². The topological polar surface area (TPSA) is 94.1 Å². The third-order valence-electron chi connectivity index (χ3n) is 2.93. The number of nitro groups is 1. The molecule has 21 heavy (non-hydrogen) atoms. The number of benzene rings is 1. The first kappa shape index (κ1) is 15.1. The SMILES string of the molecule is CC(C)NCCCc1nc(-c2ccccc2[N+](=O)[O-])no1. The van der Waals surface area contributed by atoms with E-state index >= 15 is 0 Å². The fourth-order valence-corrected chi connectivity index (χ4v) is 1.92. The van der Waals surface area contributed by atoms with Crippen molar-refractivity contribution >= 4 is 5.69 Å². The van der Waals surface area contributed by atoms with Gasteiger partial charge in [0.05, 0.1) is 4.92 Å². The van der Waals surface area contributed by atoms with Crippen molar-refractivity contribution in [1.82, 2.24) is 15.5 Å². The average molecular weight is 290 g/mol. The molecule has 1 N–H and O–H groups in total. The summed E-state index contributed by atoms with van der Waals surface area (Å²) in [5.74, 6) is 0.753. The third kappa shape index (κ3) is 4.09. The van der Waals surface area contributed by atoms with E-state index in [0.29, 0.717) is 23.9 Å². The Kier molecular flexibility index (Phi) is 4.99. The van der Waals surface area contributed by atoms with Crippen LogP contribution in [0.15, 0.2) is 28.8 Å². The van der Waals surface area contributed by atoms with Gasteiger partial charge in [-0.25, -0.2) is 0 Å². The highest BCUT2D eigenvalue weighted by Crippen LogP contribution is 2.27. The zero-order valence-corrected chi connectivity index (χ0v) is 12.1. The molecular weight excluding hydrogens is 272 g/mol. The van der Waals surface area contributed by atoms with Crippen molar-refractivity contribution in [3.05, 3.63) is 40.3 Å². The molecule has 0 radical (unpaired) electrons. The summed E-state index contributed by atoms with van der Waals surface area (Å²) >= 11 is 0. The van der Waals surface area contributed by atoms with E-state index in [1.54, 1.807) is 18.2 Å². The third-order valence-corrected chi connectivity index (χ3v) is 2.93. The molecule has 0 aliphatic rings. The van der Waals surface area contributed by atoms with Gasteiger partial charge in [0, 0.05) is 18.5 Å². The summed E-state index contributed by atoms with van der Waals surface area (Å²) in [4.78, 5) is 14.8. The molecule has 0 aliphatic heterocycles. The van der Waals surface area contributed by atoms with Crippen LogP contribution >= 0.6 is 0 Å². The molecule has 7 nitrogen and oxygen atoms in total. The van der Waals surface area contributed by atoms with Crippen LogP contribution < -0.4 is 5.32 Å². The van der Waals surface area contributed by atoms with Gasteiger partial charge < -0.3 is 9.84 Å². The number of nitro benzene ring substituents is 1. The lowest BCUT2D eigenvalue weighted by Crippen LogP contribution is -2.23. The fourth-order valence-electron chi connectivity index (χ4n) is 1.92. The molecule has 0 amide bonds. The molecule has 2 aromatic rings. The molecule has 2 rings (SSSR count). The van der Waals surface area contributed by atoms with Crippen LogP contribution in [0.2, 0.25) is 0 Å². The number of hydrogen-bond acceptors (Lipinski definition) is 6. The number of para-hydroxylation sites is 1. The Bertz CT molecular complexity index is 610. The van der Waals surface area contributed by atoms with E-state index in [1.165, 1.54) is 6.07 Å². The minimum Gasteiger partial charge on any atom is -0.339 e. The van der Waals surface area contributed by atoms with Gasteiger partial charge in [-0.2, -0.15) is 4.98 Å². The lowest BCUT2D eigenvalue weighted by atomic mass is 10.2. The first-order chi connectivity index (χ1) is 10.1. The van der Waals surface area contributed by atoms with Gasteiger partial charge in [-0.3, -0.25) is 10.1 Å². The molecule has 0 saturated heterocycles. The van der Waals surface area contributed by atoms with Gasteiger partial charge >= 0.3 is 0 Å². The van der Waals surface area contributed by atoms with Crippen LogP contribution in [0, 0.1) is 10.1 Å². The average Bonchev–Trinajstić information content (AvgIpc) is 2.92. The Labute approximate surface area is 122 Å². The lowest BCUT2D eigenvalue weighted by molar-refractivity contribution is -0.384. The van der Waals surface area contributed by atoms with Crippen LogP contribution in [0.4, 0.5) is 5.69 Å². The zero-order chi connectivity index (χ0) is 15.2. The van der Waals surface area contributed by atoms with Gasteiger partial charge in [0.2, 0.25) is 11.7 Å². The molecule has 0 spiro atoms. The predicted molar refractivity (Wildman–Crippen MR) is 77.8 cm³/mol. The lowest BCUT2D eigenvalue weighted by Gasteiger charge is -2.05. The molecule has 112 valence electrons. The first-order valence-electron chi connectivity index (χ1n) is 6.87. The van der Waals surface area contributed by atoms with Gasteiger partial charge in [-0.05, 0) is 19.0 Å². The second kappa shape index (κ2) is 6.94. The van der Waals surface area contributed by atoms with Crippen LogP contribution in [-0.2, 0) is 6.42 Å². The summed E-state index contributed by atoms with van der Waals surface area (Å²) in [6, 6.07) is 6.81. The van der Waals surface area contributed by atoms with Gasteiger partial charge in [-0.15, -0.1) is 0 Å². The van der Waals surface area contributed by atoms with Crippen molar-refractivity contribution in [2.24, 2.45) is 0 Å². The van der Waals surface area contributed by atoms with Crippen LogP contribution in [0.5, 0.6) is 0 Å². The number of aromatic nitrogens is 2. The van der Waals surface area contributed by atoms with Gasteiger partial charge in [0.25, 0.3) is 5.69 Å². The summed E-state index contributed by atoms with van der Waals surface area (Å²) in [6.45, 7) is 5.03. The maximum atomic E-state index is 11.0. The highest BCUT2D eigenvalue weighted by Gasteiger charge is 2.18. The summed E-state index contributed by atoms with van der Waals surface area (Å²) in [7, 11) is 0. The van der Waals surface area contributed by atoms with Crippen LogP contribution in [-0.4, -0.2) is 27.7 Å². The normalized spacial score (nSPS) is 11.0. The minimum atomic E-state index is -0.447. The van der Waals surface area contributed by atoms with Crippen molar-refractivity contribution in [2.45, 2.75) is 32.7 Å². The molecular formula is C14H18N4O3. The van der Waals surface area contributed by atoms with Crippen molar-refractivity contribution in [3.8, 4) is 11.4 Å². The van der Waals surface area contributed by atoms with Crippen LogP contribution in [0.1, 0.15) is 26.2 Å². The molecule has 1 aromatic heterocycles. The smallest absolute Gasteiger partial charge is 0.280 e. The van der Waals surface area contributed by atoms with E-state index in [2.05, 4.69) is 29.3 Å². The number of nitrogens with one attached hydrogen (secondary N) is 1. The molecule has 0 unspecified atom stereocenters. The van der Waals surface area contributed by atoms with Crippen molar-refractivity contribution in [1.29, 1.82) is 0 Å². The van der Waals surface area contributed by atoms with Gasteiger partial charge in [-0.1, -0.05) is 31.1 Å². The van der Waals surface area contributed by atoms with E-state index in [0.717, 1.165) is 13.0 Å². The molecule has 1 aromatic carbocycles. The monoisotopic (exact) mass is 290 g/mol. The predicted octanol–water partition coefficient (Wildman–Crippen LogP) is 2.58. The molecule has 7 heteroatoms. The summed E-state index contributed by atoms with van der Waals surface area (Å²) < 4.78 is 5.15. The van der Waals surface area contributed by atoms with Crippen LogP contribution in [0.25, 0.3) is 11.4 Å². The Morgan fingerprint density at radius 1 is 1.38 bits per heavy atom. The van der Waals surface area contributed by atoms with Crippen LogP contribution in [0.3, 0.4) is 0 Å².